The number of furan rings is 1. The van der Waals surface area contributed by atoms with Crippen molar-refractivity contribution in [2.45, 2.75) is 53.7 Å². The number of nitrogens with zero attached hydrogens (tertiary/aromatic N) is 1. The molecule has 6 heteroatoms. The van der Waals surface area contributed by atoms with E-state index in [-0.39, 0.29) is 5.91 Å². The van der Waals surface area contributed by atoms with Crippen LogP contribution in [0.25, 0.3) is 0 Å². The van der Waals surface area contributed by atoms with Crippen LogP contribution in [0.2, 0.25) is 0 Å². The van der Waals surface area contributed by atoms with Crippen molar-refractivity contribution in [2.75, 3.05) is 26.2 Å². The van der Waals surface area contributed by atoms with Crippen molar-refractivity contribution < 1.29 is 19.1 Å². The number of rotatable bonds is 8. The number of amides is 1. The van der Waals surface area contributed by atoms with Crippen molar-refractivity contribution in [3.63, 3.8) is 0 Å². The first-order valence-electron chi connectivity index (χ1n) is 10.7. The summed E-state index contributed by atoms with van der Waals surface area (Å²) in [4.78, 5) is 14.8. The Kier molecular flexibility index (Phi) is 6.88. The van der Waals surface area contributed by atoms with Crippen LogP contribution in [-0.2, 0) is 0 Å². The van der Waals surface area contributed by atoms with Crippen molar-refractivity contribution >= 4 is 5.91 Å². The second kappa shape index (κ2) is 9.23. The fourth-order valence-electron chi connectivity index (χ4n) is 4.08. The first-order valence-corrected chi connectivity index (χ1v) is 10.7. The van der Waals surface area contributed by atoms with Gasteiger partial charge in [0.2, 0.25) is 0 Å². The molecule has 2 N–H and O–H groups in total. The number of carbonyl (C=O) groups is 1. The normalized spacial score (nSPS) is 16.8. The van der Waals surface area contributed by atoms with Crippen molar-refractivity contribution in [1.29, 1.82) is 0 Å². The third kappa shape index (κ3) is 4.87. The van der Waals surface area contributed by atoms with Gasteiger partial charge in [-0.25, -0.2) is 0 Å². The number of ether oxygens (including phenoxy) is 1. The van der Waals surface area contributed by atoms with Gasteiger partial charge in [0.05, 0.1) is 11.7 Å². The van der Waals surface area contributed by atoms with E-state index >= 15 is 0 Å². The quantitative estimate of drug-likeness (QED) is 0.689. The molecule has 2 heterocycles. The number of hydrogen-bond acceptors (Lipinski definition) is 5. The SMILES string of the molecule is Cc1cc(C(=O)NCC2CN(C(C)c3ccc(OC[C@@H](C)O)c(C)c3C)C2)c(C)o1. The summed E-state index contributed by atoms with van der Waals surface area (Å²) < 4.78 is 11.2. The highest BCUT2D eigenvalue weighted by Gasteiger charge is 2.32. The summed E-state index contributed by atoms with van der Waals surface area (Å²) in [6, 6.07) is 6.23. The fourth-order valence-corrected chi connectivity index (χ4v) is 4.08. The molecule has 164 valence electrons. The molecule has 1 aliphatic heterocycles. The van der Waals surface area contributed by atoms with Gasteiger partial charge in [0.1, 0.15) is 23.9 Å². The lowest BCUT2D eigenvalue weighted by molar-refractivity contribution is 0.0569. The van der Waals surface area contributed by atoms with E-state index in [4.69, 9.17) is 9.15 Å². The lowest BCUT2D eigenvalue weighted by Crippen LogP contribution is -2.52. The zero-order valence-corrected chi connectivity index (χ0v) is 18.9. The molecule has 1 saturated heterocycles. The van der Waals surface area contributed by atoms with Gasteiger partial charge >= 0.3 is 0 Å². The maximum Gasteiger partial charge on any atom is 0.254 e. The summed E-state index contributed by atoms with van der Waals surface area (Å²) in [6.07, 6.45) is -0.483. The van der Waals surface area contributed by atoms with Gasteiger partial charge in [-0.05, 0) is 70.4 Å². The Morgan fingerprint density at radius 3 is 2.53 bits per heavy atom. The smallest absolute Gasteiger partial charge is 0.254 e. The van der Waals surface area contributed by atoms with E-state index in [9.17, 15) is 9.90 Å². The van der Waals surface area contributed by atoms with Crippen LogP contribution in [-0.4, -0.2) is 48.3 Å². The van der Waals surface area contributed by atoms with Crippen LogP contribution in [0.3, 0.4) is 0 Å². The minimum atomic E-state index is -0.483. The molecular formula is C24H34N2O4. The van der Waals surface area contributed by atoms with Gasteiger partial charge in [-0.1, -0.05) is 6.07 Å². The minimum absolute atomic E-state index is 0.0601. The number of likely N-dealkylation sites (tertiary alicyclic amines) is 1. The first kappa shape index (κ1) is 22.4. The molecule has 1 aliphatic rings. The Morgan fingerprint density at radius 2 is 1.93 bits per heavy atom. The van der Waals surface area contributed by atoms with Crippen molar-refractivity contribution in [1.82, 2.24) is 10.2 Å². The number of benzene rings is 1. The third-order valence-corrected chi connectivity index (χ3v) is 6.08. The van der Waals surface area contributed by atoms with Crippen LogP contribution in [0, 0.1) is 33.6 Å². The van der Waals surface area contributed by atoms with E-state index < -0.39 is 6.10 Å². The minimum Gasteiger partial charge on any atom is -0.491 e. The summed E-state index contributed by atoms with van der Waals surface area (Å²) >= 11 is 0. The largest absolute Gasteiger partial charge is 0.491 e. The summed E-state index contributed by atoms with van der Waals surface area (Å²) in [5.41, 5.74) is 4.27. The predicted molar refractivity (Wildman–Crippen MR) is 117 cm³/mol. The van der Waals surface area contributed by atoms with Crippen LogP contribution in [0.1, 0.15) is 58.5 Å². The van der Waals surface area contributed by atoms with Crippen LogP contribution in [0.5, 0.6) is 5.75 Å². The summed E-state index contributed by atoms with van der Waals surface area (Å²) in [5.74, 6) is 2.66. The van der Waals surface area contributed by atoms with Crippen LogP contribution in [0.15, 0.2) is 22.6 Å². The standard InChI is InChI=1S/C24H34N2O4/c1-14(27)13-29-23-8-7-21(16(3)17(23)4)18(5)26-11-20(12-26)10-25-24(28)22-9-15(2)30-19(22)6/h7-9,14,18,20,27H,10-13H2,1-6H3,(H,25,28)/t14-,18?/m1/s1. The predicted octanol–water partition coefficient (Wildman–Crippen LogP) is 3.70. The lowest BCUT2D eigenvalue weighted by atomic mass is 9.91. The third-order valence-electron chi connectivity index (χ3n) is 6.08. The highest BCUT2D eigenvalue weighted by atomic mass is 16.5. The summed E-state index contributed by atoms with van der Waals surface area (Å²) in [7, 11) is 0. The topological polar surface area (TPSA) is 74.9 Å². The highest BCUT2D eigenvalue weighted by molar-refractivity contribution is 5.95. The Hall–Kier alpha value is -2.31. The molecule has 1 unspecified atom stereocenters. The van der Waals surface area contributed by atoms with Crippen molar-refractivity contribution in [3.05, 3.63) is 52.0 Å². The van der Waals surface area contributed by atoms with E-state index in [0.29, 0.717) is 36.4 Å². The van der Waals surface area contributed by atoms with Gasteiger partial charge in [-0.15, -0.1) is 0 Å². The lowest BCUT2D eigenvalue weighted by Gasteiger charge is -2.44. The fraction of sp³-hybridized carbons (Fsp3) is 0.542. The van der Waals surface area contributed by atoms with Gasteiger partial charge in [0.25, 0.3) is 5.91 Å². The monoisotopic (exact) mass is 414 g/mol. The molecule has 1 aromatic carbocycles. The van der Waals surface area contributed by atoms with Crippen LogP contribution >= 0.6 is 0 Å². The molecule has 0 spiro atoms. The molecule has 2 atom stereocenters. The molecule has 6 nitrogen and oxygen atoms in total. The van der Waals surface area contributed by atoms with Gasteiger partial charge in [0, 0.05) is 31.6 Å². The number of aliphatic hydroxyl groups excluding tert-OH is 1. The van der Waals surface area contributed by atoms with E-state index in [0.717, 1.165) is 30.2 Å². The zero-order valence-electron chi connectivity index (χ0n) is 18.9. The maximum atomic E-state index is 12.4. The van der Waals surface area contributed by atoms with E-state index in [1.807, 2.05) is 19.9 Å². The molecule has 0 bridgehead atoms. The molecule has 1 amide bonds. The Bertz CT molecular complexity index is 897. The van der Waals surface area contributed by atoms with Crippen molar-refractivity contribution in [2.24, 2.45) is 5.92 Å². The first-order chi connectivity index (χ1) is 14.2. The van der Waals surface area contributed by atoms with E-state index in [1.54, 1.807) is 13.0 Å². The molecular weight excluding hydrogens is 380 g/mol. The van der Waals surface area contributed by atoms with Gasteiger partial charge in [-0.2, -0.15) is 0 Å². The van der Waals surface area contributed by atoms with Gasteiger partial charge in [0.15, 0.2) is 0 Å². The summed E-state index contributed by atoms with van der Waals surface area (Å²) in [6.45, 7) is 14.7. The number of nitrogens with one attached hydrogen (secondary N) is 1. The van der Waals surface area contributed by atoms with Crippen LogP contribution < -0.4 is 10.1 Å². The molecule has 3 rings (SSSR count). The molecule has 30 heavy (non-hydrogen) atoms. The average molecular weight is 415 g/mol. The van der Waals surface area contributed by atoms with Gasteiger partial charge in [-0.3, -0.25) is 9.69 Å². The second-order valence-electron chi connectivity index (χ2n) is 8.60. The molecule has 0 aliphatic carbocycles. The van der Waals surface area contributed by atoms with E-state index in [2.05, 4.69) is 37.1 Å². The number of aryl methyl sites for hydroxylation is 2. The van der Waals surface area contributed by atoms with Gasteiger partial charge < -0.3 is 19.6 Å². The zero-order chi connectivity index (χ0) is 22.0. The highest BCUT2D eigenvalue weighted by Crippen LogP contribution is 2.34. The Balaban J connectivity index is 1.52. The molecule has 1 fully saturated rings. The number of aliphatic hydroxyl groups is 1. The molecule has 0 saturated carbocycles. The maximum absolute atomic E-state index is 12.4. The van der Waals surface area contributed by atoms with Crippen molar-refractivity contribution in [3.8, 4) is 5.75 Å². The summed E-state index contributed by atoms with van der Waals surface area (Å²) in [5, 5.41) is 12.5. The molecule has 2 aromatic rings. The number of hydrogen-bond donors (Lipinski definition) is 2. The number of carbonyl (C=O) groups excluding carboxylic acids is 1. The Labute approximate surface area is 179 Å². The molecule has 1 aromatic heterocycles. The molecule has 0 radical (unpaired) electrons. The average Bonchev–Trinajstić information content (AvgIpc) is 2.99. The van der Waals surface area contributed by atoms with Crippen LogP contribution in [0.4, 0.5) is 0 Å². The van der Waals surface area contributed by atoms with E-state index in [1.165, 1.54) is 11.1 Å². The second-order valence-corrected chi connectivity index (χ2v) is 8.60. The Morgan fingerprint density at radius 1 is 1.23 bits per heavy atom.